The van der Waals surface area contributed by atoms with Gasteiger partial charge >= 0.3 is 0 Å². The van der Waals surface area contributed by atoms with Crippen LogP contribution in [0.2, 0.25) is 0 Å². The summed E-state index contributed by atoms with van der Waals surface area (Å²) in [5.41, 5.74) is 1.06. The molecule has 4 saturated carbocycles. The first-order valence-electron chi connectivity index (χ1n) is 12.6. The molecule has 0 unspecified atom stereocenters. The molecule has 1 heterocycles. The number of rotatable bonds is 4. The Kier molecular flexibility index (Phi) is 5.44. The monoisotopic (exact) mass is 460 g/mol. The molecule has 178 valence electrons. The molecule has 8 atom stereocenters. The molecule has 4 aliphatic rings. The quantitative estimate of drug-likeness (QED) is 0.651. The first-order chi connectivity index (χ1) is 15.0. The van der Waals surface area contributed by atoms with Gasteiger partial charge in [0.1, 0.15) is 4.90 Å². The van der Waals surface area contributed by atoms with Crippen LogP contribution in [-0.2, 0) is 16.4 Å². The minimum Gasteiger partial charge on any atom is -0.390 e. The van der Waals surface area contributed by atoms with E-state index in [1.54, 1.807) is 10.9 Å². The molecule has 4 fully saturated rings. The topological polar surface area (TPSA) is 72.2 Å². The lowest BCUT2D eigenvalue weighted by Crippen LogP contribution is -2.50. The van der Waals surface area contributed by atoms with Gasteiger partial charge in [-0.1, -0.05) is 19.1 Å². The van der Waals surface area contributed by atoms with Crippen molar-refractivity contribution in [1.29, 1.82) is 0 Å². The number of fused-ring (bicyclic) bond motifs is 5. The summed E-state index contributed by atoms with van der Waals surface area (Å²) in [6, 6.07) is 0. The third-order valence-electron chi connectivity index (χ3n) is 10.1. The predicted octanol–water partition coefficient (Wildman–Crippen LogP) is 4.86. The minimum atomic E-state index is -3.23. The van der Waals surface area contributed by atoms with Crippen molar-refractivity contribution < 1.29 is 13.5 Å². The molecule has 0 spiro atoms. The van der Waals surface area contributed by atoms with Gasteiger partial charge in [-0.25, -0.2) is 8.42 Å². The van der Waals surface area contributed by atoms with E-state index in [-0.39, 0.29) is 4.90 Å². The van der Waals surface area contributed by atoms with E-state index >= 15 is 0 Å². The van der Waals surface area contributed by atoms with Gasteiger partial charge in [0.2, 0.25) is 0 Å². The van der Waals surface area contributed by atoms with Crippen LogP contribution < -0.4 is 0 Å². The Morgan fingerprint density at radius 1 is 1.12 bits per heavy atom. The zero-order valence-corrected chi connectivity index (χ0v) is 20.8. The molecule has 0 aromatic carbocycles. The standard InChI is InChI=1S/C26H40N2O3S/c1-17(15-28-16-19(14-27-28)32(4,30)31)23-7-8-24-22-6-5-18-13-25(2,29)11-9-20(18)21(22)10-12-26(23,24)3/h14,16,18,20-24,29H,1,5-13,15H2,2-4H3/t18-,20+,21-,22-,23-,24+,25-,26-/m1/s1. The highest BCUT2D eigenvalue weighted by Gasteiger charge is 2.57. The summed E-state index contributed by atoms with van der Waals surface area (Å²) in [6.07, 6.45) is 15.2. The van der Waals surface area contributed by atoms with Crippen LogP contribution in [-0.4, -0.2) is 35.2 Å². The highest BCUT2D eigenvalue weighted by Crippen LogP contribution is 2.65. The van der Waals surface area contributed by atoms with Gasteiger partial charge in [-0.2, -0.15) is 5.10 Å². The Hall–Kier alpha value is -1.14. The highest BCUT2D eigenvalue weighted by molar-refractivity contribution is 7.90. The molecule has 6 heteroatoms. The van der Waals surface area contributed by atoms with E-state index < -0.39 is 15.4 Å². The molecule has 1 aromatic heterocycles. The molecular weight excluding hydrogens is 420 g/mol. The Labute approximate surface area is 193 Å². The average Bonchev–Trinajstić information content (AvgIpc) is 3.30. The van der Waals surface area contributed by atoms with Gasteiger partial charge in [0, 0.05) is 12.5 Å². The van der Waals surface area contributed by atoms with Crippen molar-refractivity contribution in [3.63, 3.8) is 0 Å². The minimum absolute atomic E-state index is 0.282. The van der Waals surface area contributed by atoms with Gasteiger partial charge < -0.3 is 5.11 Å². The van der Waals surface area contributed by atoms with Crippen molar-refractivity contribution in [2.45, 2.75) is 88.7 Å². The highest BCUT2D eigenvalue weighted by atomic mass is 32.2. The van der Waals surface area contributed by atoms with Crippen LogP contribution in [0.5, 0.6) is 0 Å². The van der Waals surface area contributed by atoms with Crippen molar-refractivity contribution in [3.05, 3.63) is 24.5 Å². The maximum atomic E-state index is 11.8. The SMILES string of the molecule is C=C(Cn1cc(S(C)(=O)=O)cn1)[C@H]1CC[C@H]2[C@@H]3CC[C@@H]4C[C@](C)(O)CC[C@@H]4[C@H]3CC[C@]12C. The first kappa shape index (κ1) is 22.6. The second-order valence-corrected chi connectivity index (χ2v) is 14.2. The fourth-order valence-electron chi connectivity index (χ4n) is 8.69. The smallest absolute Gasteiger partial charge is 0.178 e. The summed E-state index contributed by atoms with van der Waals surface area (Å²) < 4.78 is 25.4. The van der Waals surface area contributed by atoms with Crippen LogP contribution in [0.4, 0.5) is 0 Å². The van der Waals surface area contributed by atoms with Crippen molar-refractivity contribution in [1.82, 2.24) is 9.78 Å². The second kappa shape index (κ2) is 7.69. The third-order valence-corrected chi connectivity index (χ3v) is 11.2. The van der Waals surface area contributed by atoms with Crippen molar-refractivity contribution in [2.24, 2.45) is 40.9 Å². The average molecular weight is 461 g/mol. The lowest BCUT2D eigenvalue weighted by molar-refractivity contribution is -0.0979. The molecule has 0 bridgehead atoms. The molecule has 0 saturated heterocycles. The molecule has 4 aliphatic carbocycles. The first-order valence-corrected chi connectivity index (χ1v) is 14.5. The normalized spacial score (nSPS) is 43.9. The summed E-state index contributed by atoms with van der Waals surface area (Å²) >= 11 is 0. The molecular formula is C26H40N2O3S. The molecule has 32 heavy (non-hydrogen) atoms. The molecule has 5 rings (SSSR count). The molecule has 0 amide bonds. The third kappa shape index (κ3) is 3.79. The maximum absolute atomic E-state index is 11.8. The van der Waals surface area contributed by atoms with Crippen LogP contribution >= 0.6 is 0 Å². The molecule has 1 N–H and O–H groups in total. The van der Waals surface area contributed by atoms with Crippen LogP contribution in [0.1, 0.15) is 71.6 Å². The van der Waals surface area contributed by atoms with E-state index in [1.165, 1.54) is 63.0 Å². The van der Waals surface area contributed by atoms with E-state index in [0.29, 0.717) is 17.9 Å². The summed E-state index contributed by atoms with van der Waals surface area (Å²) in [4.78, 5) is 0.282. The zero-order chi connectivity index (χ0) is 22.9. The van der Waals surface area contributed by atoms with Crippen molar-refractivity contribution in [3.8, 4) is 0 Å². The van der Waals surface area contributed by atoms with E-state index in [9.17, 15) is 13.5 Å². The number of hydrogen-bond donors (Lipinski definition) is 1. The summed E-state index contributed by atoms with van der Waals surface area (Å²) in [6.45, 7) is 9.65. The zero-order valence-electron chi connectivity index (χ0n) is 20.0. The summed E-state index contributed by atoms with van der Waals surface area (Å²) in [5.74, 6) is 4.48. The van der Waals surface area contributed by atoms with Crippen LogP contribution in [0.25, 0.3) is 0 Å². The van der Waals surface area contributed by atoms with Gasteiger partial charge in [-0.3, -0.25) is 4.68 Å². The Morgan fingerprint density at radius 2 is 1.88 bits per heavy atom. The Morgan fingerprint density at radius 3 is 2.59 bits per heavy atom. The van der Waals surface area contributed by atoms with Gasteiger partial charge in [-0.05, 0) is 106 Å². The van der Waals surface area contributed by atoms with E-state index in [2.05, 4.69) is 18.6 Å². The van der Waals surface area contributed by atoms with Crippen LogP contribution in [0.3, 0.4) is 0 Å². The maximum Gasteiger partial charge on any atom is 0.178 e. The molecule has 5 nitrogen and oxygen atoms in total. The Balaban J connectivity index is 1.30. The van der Waals surface area contributed by atoms with Crippen molar-refractivity contribution in [2.75, 3.05) is 6.26 Å². The van der Waals surface area contributed by atoms with E-state index in [1.807, 2.05) is 6.92 Å². The predicted molar refractivity (Wildman–Crippen MR) is 126 cm³/mol. The lowest BCUT2D eigenvalue weighted by atomic mass is 9.49. The fraction of sp³-hybridized carbons (Fsp3) is 0.808. The Bertz CT molecular complexity index is 996. The van der Waals surface area contributed by atoms with Gasteiger partial charge in [0.05, 0.1) is 18.3 Å². The van der Waals surface area contributed by atoms with Crippen molar-refractivity contribution >= 4 is 9.84 Å². The number of nitrogens with zero attached hydrogens (tertiary/aromatic N) is 2. The number of allylic oxidation sites excluding steroid dienone is 1. The largest absolute Gasteiger partial charge is 0.390 e. The molecule has 0 radical (unpaired) electrons. The van der Waals surface area contributed by atoms with Gasteiger partial charge in [-0.15, -0.1) is 0 Å². The van der Waals surface area contributed by atoms with E-state index in [0.717, 1.165) is 42.4 Å². The van der Waals surface area contributed by atoms with Gasteiger partial charge in [0.25, 0.3) is 0 Å². The van der Waals surface area contributed by atoms with Gasteiger partial charge in [0.15, 0.2) is 9.84 Å². The summed E-state index contributed by atoms with van der Waals surface area (Å²) in [7, 11) is -3.23. The molecule has 0 aliphatic heterocycles. The fourth-order valence-corrected chi connectivity index (χ4v) is 9.24. The number of aliphatic hydroxyl groups is 1. The van der Waals surface area contributed by atoms with E-state index in [4.69, 9.17) is 0 Å². The summed E-state index contributed by atoms with van der Waals surface area (Å²) in [5, 5.41) is 14.9. The number of sulfone groups is 1. The number of hydrogen-bond acceptors (Lipinski definition) is 4. The second-order valence-electron chi connectivity index (χ2n) is 12.2. The van der Waals surface area contributed by atoms with Crippen LogP contribution in [0.15, 0.2) is 29.4 Å². The number of aromatic nitrogens is 2. The lowest BCUT2D eigenvalue weighted by Gasteiger charge is -2.57. The molecule has 1 aromatic rings. The van der Waals surface area contributed by atoms with Crippen LogP contribution in [0, 0.1) is 40.9 Å².